The lowest BCUT2D eigenvalue weighted by atomic mass is 10.1. The minimum atomic E-state index is -3.87. The lowest BCUT2D eigenvalue weighted by molar-refractivity contribution is -0.139. The van der Waals surface area contributed by atoms with Gasteiger partial charge < -0.3 is 15.0 Å². The number of sulfonamides is 1. The maximum Gasteiger partial charge on any atom is 0.244 e. The van der Waals surface area contributed by atoms with Crippen molar-refractivity contribution < 1.29 is 22.7 Å². The Morgan fingerprint density at radius 2 is 1.57 bits per heavy atom. The molecule has 2 atom stereocenters. The van der Waals surface area contributed by atoms with Crippen LogP contribution in [0.3, 0.4) is 0 Å². The van der Waals surface area contributed by atoms with Gasteiger partial charge in [-0.05, 0) is 74.4 Å². The summed E-state index contributed by atoms with van der Waals surface area (Å²) >= 11 is 12.4. The van der Waals surface area contributed by atoms with Crippen molar-refractivity contribution in [2.75, 3.05) is 17.1 Å². The molecule has 3 rings (SSSR count). The first-order valence-corrected chi connectivity index (χ1v) is 15.3. The van der Waals surface area contributed by atoms with E-state index in [4.69, 9.17) is 27.9 Å². The van der Waals surface area contributed by atoms with E-state index in [0.717, 1.165) is 10.6 Å². The van der Waals surface area contributed by atoms with Gasteiger partial charge in [0.2, 0.25) is 21.8 Å². The minimum Gasteiger partial charge on any atom is -0.457 e. The molecule has 0 radical (unpaired) electrons. The second-order valence-electron chi connectivity index (χ2n) is 9.43. The average molecular weight is 607 g/mol. The van der Waals surface area contributed by atoms with Crippen molar-refractivity contribution in [2.24, 2.45) is 0 Å². The molecule has 3 aromatic rings. The van der Waals surface area contributed by atoms with Crippen LogP contribution in [0.1, 0.15) is 32.8 Å². The van der Waals surface area contributed by atoms with Crippen LogP contribution in [0.2, 0.25) is 10.0 Å². The van der Waals surface area contributed by atoms with E-state index < -0.39 is 28.5 Å². The number of benzene rings is 3. The van der Waals surface area contributed by atoms with Gasteiger partial charge in [0.25, 0.3) is 0 Å². The minimum absolute atomic E-state index is 0.0224. The largest absolute Gasteiger partial charge is 0.457 e. The zero-order valence-electron chi connectivity index (χ0n) is 22.8. The maximum absolute atomic E-state index is 13.7. The number of hydrogen-bond donors (Lipinski definition) is 1. The third-order valence-corrected chi connectivity index (χ3v) is 8.03. The Hall–Kier alpha value is -3.27. The maximum atomic E-state index is 13.7. The molecule has 0 fully saturated rings. The number of nitrogens with one attached hydrogen (secondary N) is 1. The molecule has 0 bridgehead atoms. The summed E-state index contributed by atoms with van der Waals surface area (Å²) in [7, 11) is -3.87. The van der Waals surface area contributed by atoms with Crippen molar-refractivity contribution in [3.05, 3.63) is 88.4 Å². The van der Waals surface area contributed by atoms with E-state index in [1.165, 1.54) is 4.90 Å². The number of hydrogen-bond acceptors (Lipinski definition) is 5. The van der Waals surface area contributed by atoms with E-state index in [2.05, 4.69) is 5.32 Å². The van der Waals surface area contributed by atoms with Crippen LogP contribution in [0.15, 0.2) is 72.8 Å². The number of halogens is 2. The van der Waals surface area contributed by atoms with Crippen molar-refractivity contribution in [3.63, 3.8) is 0 Å². The molecule has 11 heteroatoms. The Kier molecular flexibility index (Phi) is 10.8. The standard InChI is InChI=1S/C29H33Cl2N3O5S/c1-5-20(2)32-29(36)21(3)33(18-22-11-12-23(30)17-27(22)31)28(35)19-34(40(4,37)38)24-13-15-26(16-14-24)39-25-9-7-6-8-10-25/h6-17,20-21H,5,18-19H2,1-4H3,(H,32,36). The van der Waals surface area contributed by atoms with Gasteiger partial charge in [0.1, 0.15) is 24.1 Å². The summed E-state index contributed by atoms with van der Waals surface area (Å²) in [6.45, 7) is 4.85. The predicted octanol–water partition coefficient (Wildman–Crippen LogP) is 5.88. The fraction of sp³-hybridized carbons (Fsp3) is 0.310. The van der Waals surface area contributed by atoms with Crippen LogP contribution >= 0.6 is 23.2 Å². The van der Waals surface area contributed by atoms with Crippen LogP contribution < -0.4 is 14.4 Å². The van der Waals surface area contributed by atoms with Gasteiger partial charge in [0.05, 0.1) is 11.9 Å². The summed E-state index contributed by atoms with van der Waals surface area (Å²) in [5.41, 5.74) is 0.841. The molecule has 0 saturated heterocycles. The average Bonchev–Trinajstić information content (AvgIpc) is 2.91. The Labute approximate surface area is 245 Å². The molecule has 40 heavy (non-hydrogen) atoms. The monoisotopic (exact) mass is 605 g/mol. The van der Waals surface area contributed by atoms with E-state index >= 15 is 0 Å². The molecule has 214 valence electrons. The molecular weight excluding hydrogens is 573 g/mol. The SMILES string of the molecule is CCC(C)NC(=O)C(C)N(Cc1ccc(Cl)cc1Cl)C(=O)CN(c1ccc(Oc2ccccc2)cc1)S(C)(=O)=O. The number of anilines is 1. The quantitative estimate of drug-likeness (QED) is 0.278. The van der Waals surface area contributed by atoms with E-state index in [1.54, 1.807) is 61.5 Å². The lowest BCUT2D eigenvalue weighted by Crippen LogP contribution is -2.52. The first-order valence-electron chi connectivity index (χ1n) is 12.7. The second kappa shape index (κ2) is 13.9. The van der Waals surface area contributed by atoms with E-state index in [9.17, 15) is 18.0 Å². The van der Waals surface area contributed by atoms with Gasteiger partial charge in [-0.2, -0.15) is 0 Å². The summed E-state index contributed by atoms with van der Waals surface area (Å²) in [6, 6.07) is 19.4. The summed E-state index contributed by atoms with van der Waals surface area (Å²) in [5.74, 6) is 0.199. The molecule has 2 unspecified atom stereocenters. The number of rotatable bonds is 12. The topological polar surface area (TPSA) is 96.0 Å². The molecule has 0 spiro atoms. The Balaban J connectivity index is 1.88. The second-order valence-corrected chi connectivity index (χ2v) is 12.2. The van der Waals surface area contributed by atoms with Crippen LogP contribution in [0.5, 0.6) is 11.5 Å². The van der Waals surface area contributed by atoms with Crippen LogP contribution in [0.25, 0.3) is 0 Å². The lowest BCUT2D eigenvalue weighted by Gasteiger charge is -2.32. The molecule has 0 aliphatic heterocycles. The molecule has 0 heterocycles. The van der Waals surface area contributed by atoms with Gasteiger partial charge in [0.15, 0.2) is 0 Å². The highest BCUT2D eigenvalue weighted by Crippen LogP contribution is 2.27. The summed E-state index contributed by atoms with van der Waals surface area (Å²) in [6.07, 6.45) is 1.73. The van der Waals surface area contributed by atoms with Crippen molar-refractivity contribution >= 4 is 50.7 Å². The van der Waals surface area contributed by atoms with Gasteiger partial charge in [0, 0.05) is 22.6 Å². The summed E-state index contributed by atoms with van der Waals surface area (Å²) < 4.78 is 32.4. The number of amides is 2. The molecule has 1 N–H and O–H groups in total. The number of ether oxygens (including phenoxy) is 1. The highest BCUT2D eigenvalue weighted by Gasteiger charge is 2.31. The van der Waals surface area contributed by atoms with Crippen LogP contribution in [-0.4, -0.2) is 50.0 Å². The van der Waals surface area contributed by atoms with E-state index in [0.29, 0.717) is 33.5 Å². The van der Waals surface area contributed by atoms with Crippen molar-refractivity contribution in [3.8, 4) is 11.5 Å². The molecular formula is C29H33Cl2N3O5S. The third-order valence-electron chi connectivity index (χ3n) is 6.31. The number of nitrogens with zero attached hydrogens (tertiary/aromatic N) is 2. The van der Waals surface area contributed by atoms with E-state index in [1.807, 2.05) is 32.0 Å². The van der Waals surface area contributed by atoms with Gasteiger partial charge in [-0.1, -0.05) is 54.4 Å². The molecule has 0 aromatic heterocycles. The highest BCUT2D eigenvalue weighted by molar-refractivity contribution is 7.92. The Morgan fingerprint density at radius 3 is 2.15 bits per heavy atom. The fourth-order valence-corrected chi connectivity index (χ4v) is 5.12. The van der Waals surface area contributed by atoms with Crippen molar-refractivity contribution in [1.82, 2.24) is 10.2 Å². The molecule has 0 aliphatic carbocycles. The van der Waals surface area contributed by atoms with Crippen molar-refractivity contribution in [2.45, 2.75) is 45.8 Å². The van der Waals surface area contributed by atoms with Gasteiger partial charge in [-0.15, -0.1) is 0 Å². The summed E-state index contributed by atoms with van der Waals surface area (Å²) in [5, 5.41) is 3.64. The Bertz CT molecular complexity index is 1420. The third kappa shape index (κ3) is 8.61. The number of para-hydroxylation sites is 1. The zero-order valence-corrected chi connectivity index (χ0v) is 25.1. The normalized spacial score (nSPS) is 12.8. The predicted molar refractivity (Wildman–Crippen MR) is 160 cm³/mol. The zero-order chi connectivity index (χ0) is 29.4. The first kappa shape index (κ1) is 31.3. The molecule has 8 nitrogen and oxygen atoms in total. The van der Waals surface area contributed by atoms with Gasteiger partial charge in [-0.25, -0.2) is 8.42 Å². The molecule has 2 amide bonds. The first-order chi connectivity index (χ1) is 18.9. The van der Waals surface area contributed by atoms with Gasteiger partial charge >= 0.3 is 0 Å². The highest BCUT2D eigenvalue weighted by atomic mass is 35.5. The summed E-state index contributed by atoms with van der Waals surface area (Å²) in [4.78, 5) is 28.1. The van der Waals surface area contributed by atoms with Crippen molar-refractivity contribution in [1.29, 1.82) is 0 Å². The Morgan fingerprint density at radius 1 is 0.950 bits per heavy atom. The van der Waals surface area contributed by atoms with Crippen LogP contribution in [0.4, 0.5) is 5.69 Å². The van der Waals surface area contributed by atoms with Crippen LogP contribution in [-0.2, 0) is 26.2 Å². The number of carbonyl (C=O) groups excluding carboxylic acids is 2. The van der Waals surface area contributed by atoms with E-state index in [-0.39, 0.29) is 24.2 Å². The smallest absolute Gasteiger partial charge is 0.244 e. The molecule has 0 saturated carbocycles. The van der Waals surface area contributed by atoms with Crippen LogP contribution in [0, 0.1) is 0 Å². The molecule has 3 aromatic carbocycles. The van der Waals surface area contributed by atoms with Gasteiger partial charge in [-0.3, -0.25) is 13.9 Å². The molecule has 0 aliphatic rings. The number of carbonyl (C=O) groups is 2. The fourth-order valence-electron chi connectivity index (χ4n) is 3.80.